The maximum Gasteiger partial charge on any atom is 0.243 e. The molecule has 1 aromatic heterocycles. The Morgan fingerprint density at radius 3 is 2.53 bits per heavy atom. The Morgan fingerprint density at radius 2 is 1.90 bits per heavy atom. The van der Waals surface area contributed by atoms with Crippen LogP contribution in [0, 0.1) is 4.77 Å². The van der Waals surface area contributed by atoms with Gasteiger partial charge in [0.15, 0.2) is 5.82 Å². The van der Waals surface area contributed by atoms with Crippen LogP contribution in [0.5, 0.6) is 5.75 Å². The summed E-state index contributed by atoms with van der Waals surface area (Å²) in [6, 6.07) is 14.0. The van der Waals surface area contributed by atoms with E-state index < -0.39 is 10.0 Å². The molecule has 0 unspecified atom stereocenters. The summed E-state index contributed by atoms with van der Waals surface area (Å²) >= 11 is 5.30. The Labute approximate surface area is 180 Å². The normalized spacial score (nSPS) is 12.0. The fourth-order valence-corrected chi connectivity index (χ4v) is 4.59. The average Bonchev–Trinajstić information content (AvgIpc) is 3.13. The first-order chi connectivity index (χ1) is 14.4. The molecule has 10 heteroatoms. The minimum atomic E-state index is -3.59. The van der Waals surface area contributed by atoms with Gasteiger partial charge in [-0.1, -0.05) is 26.0 Å². The van der Waals surface area contributed by atoms with Crippen molar-refractivity contribution in [3.63, 3.8) is 0 Å². The first kappa shape index (κ1) is 21.9. The van der Waals surface area contributed by atoms with Crippen molar-refractivity contribution >= 4 is 28.5 Å². The molecule has 0 spiro atoms. The van der Waals surface area contributed by atoms with E-state index in [4.69, 9.17) is 17.0 Å². The predicted octanol–water partition coefficient (Wildman–Crippen LogP) is 3.53. The number of benzene rings is 2. The van der Waals surface area contributed by atoms with Gasteiger partial charge in [-0.3, -0.25) is 0 Å². The Hall–Kier alpha value is -2.82. The van der Waals surface area contributed by atoms with Crippen LogP contribution in [-0.2, 0) is 10.0 Å². The second-order valence-electron chi connectivity index (χ2n) is 6.30. The number of H-pyrrole nitrogens is 1. The van der Waals surface area contributed by atoms with Crippen molar-refractivity contribution in [1.29, 1.82) is 0 Å². The van der Waals surface area contributed by atoms with Crippen molar-refractivity contribution in [3.05, 3.63) is 58.9 Å². The van der Waals surface area contributed by atoms with Gasteiger partial charge >= 0.3 is 0 Å². The molecule has 2 aromatic carbocycles. The Bertz CT molecular complexity index is 1190. The Kier molecular flexibility index (Phi) is 6.80. The van der Waals surface area contributed by atoms with Gasteiger partial charge < -0.3 is 4.74 Å². The second kappa shape index (κ2) is 9.33. The summed E-state index contributed by atoms with van der Waals surface area (Å²) in [5, 5.41) is 11.4. The third-order valence-corrected chi connectivity index (χ3v) is 6.83. The summed E-state index contributed by atoms with van der Waals surface area (Å²) in [6.45, 7) is 4.41. The van der Waals surface area contributed by atoms with E-state index in [9.17, 15) is 8.42 Å². The quantitative estimate of drug-likeness (QED) is 0.423. The molecule has 30 heavy (non-hydrogen) atoms. The molecule has 0 fully saturated rings. The fourth-order valence-electron chi connectivity index (χ4n) is 2.91. The van der Waals surface area contributed by atoms with E-state index >= 15 is 0 Å². The molecule has 8 nitrogen and oxygen atoms in total. The standard InChI is InChI=1S/C20H23N5O3S2/c1-4-24(5-2)30(26,27)18-8-6-7-16(13-18)19-22-23-20(29)25(19)21-14-15-9-11-17(28-3)12-10-15/h6-14H,4-5H2,1-3H3,(H,23,29)/b21-14+. The average molecular weight is 446 g/mol. The molecular formula is C20H23N5O3S2. The molecule has 0 aliphatic heterocycles. The summed E-state index contributed by atoms with van der Waals surface area (Å²) < 4.78 is 34.0. The number of methoxy groups -OCH3 is 1. The van der Waals surface area contributed by atoms with Crippen LogP contribution < -0.4 is 4.74 Å². The van der Waals surface area contributed by atoms with Gasteiger partial charge in [0, 0.05) is 18.7 Å². The van der Waals surface area contributed by atoms with Crippen molar-refractivity contribution in [1.82, 2.24) is 19.2 Å². The largest absolute Gasteiger partial charge is 0.497 e. The molecule has 0 amide bonds. The summed E-state index contributed by atoms with van der Waals surface area (Å²) in [5.41, 5.74) is 1.44. The van der Waals surface area contributed by atoms with Crippen LogP contribution in [-0.4, -0.2) is 54.0 Å². The number of sulfonamides is 1. The van der Waals surface area contributed by atoms with E-state index in [0.29, 0.717) is 29.2 Å². The number of nitrogens with one attached hydrogen (secondary N) is 1. The van der Waals surface area contributed by atoms with E-state index in [2.05, 4.69) is 15.3 Å². The minimum Gasteiger partial charge on any atom is -0.497 e. The van der Waals surface area contributed by atoms with Crippen molar-refractivity contribution in [3.8, 4) is 17.1 Å². The van der Waals surface area contributed by atoms with Crippen molar-refractivity contribution in [2.45, 2.75) is 18.7 Å². The highest BCUT2D eigenvalue weighted by Gasteiger charge is 2.22. The van der Waals surface area contributed by atoms with Gasteiger partial charge in [-0.2, -0.15) is 19.2 Å². The highest BCUT2D eigenvalue weighted by atomic mass is 32.2. The molecule has 0 saturated carbocycles. The van der Waals surface area contributed by atoms with Crippen LogP contribution in [0.25, 0.3) is 11.4 Å². The van der Waals surface area contributed by atoms with Gasteiger partial charge in [0.2, 0.25) is 14.8 Å². The molecule has 0 aliphatic rings. The zero-order chi connectivity index (χ0) is 21.7. The lowest BCUT2D eigenvalue weighted by molar-refractivity contribution is 0.415. The Morgan fingerprint density at radius 1 is 1.20 bits per heavy atom. The number of hydrogen-bond donors (Lipinski definition) is 1. The SMILES string of the molecule is CCN(CC)S(=O)(=O)c1cccc(-c2n[nH]c(=S)n2/N=C/c2ccc(OC)cc2)c1. The van der Waals surface area contributed by atoms with Crippen molar-refractivity contribution < 1.29 is 13.2 Å². The van der Waals surface area contributed by atoms with Crippen molar-refractivity contribution in [2.75, 3.05) is 20.2 Å². The first-order valence-corrected chi connectivity index (χ1v) is 11.2. The van der Waals surface area contributed by atoms with Gasteiger partial charge in [0.1, 0.15) is 5.75 Å². The van der Waals surface area contributed by atoms with Gasteiger partial charge in [0.25, 0.3) is 0 Å². The lowest BCUT2D eigenvalue weighted by atomic mass is 10.2. The number of ether oxygens (including phenoxy) is 1. The molecule has 3 aromatic rings. The molecule has 0 atom stereocenters. The molecule has 0 aliphatic carbocycles. The van der Waals surface area contributed by atoms with Crippen LogP contribution in [0.15, 0.2) is 58.5 Å². The lowest BCUT2D eigenvalue weighted by Gasteiger charge is -2.18. The van der Waals surface area contributed by atoms with Crippen LogP contribution in [0.1, 0.15) is 19.4 Å². The van der Waals surface area contributed by atoms with Gasteiger partial charge in [0.05, 0.1) is 18.2 Å². The van der Waals surface area contributed by atoms with Gasteiger partial charge in [-0.05, 0) is 54.2 Å². The number of aromatic amines is 1. The van der Waals surface area contributed by atoms with E-state index in [-0.39, 0.29) is 4.90 Å². The molecule has 158 valence electrons. The van der Waals surface area contributed by atoms with Crippen LogP contribution in [0.2, 0.25) is 0 Å². The topological polar surface area (TPSA) is 92.6 Å². The van der Waals surface area contributed by atoms with Gasteiger partial charge in [-0.15, -0.1) is 0 Å². The lowest BCUT2D eigenvalue weighted by Crippen LogP contribution is -2.30. The number of nitrogens with zero attached hydrogens (tertiary/aromatic N) is 4. The number of rotatable bonds is 8. The summed E-state index contributed by atoms with van der Waals surface area (Å²) in [4.78, 5) is 0.198. The predicted molar refractivity (Wildman–Crippen MR) is 119 cm³/mol. The molecule has 0 radical (unpaired) electrons. The van der Waals surface area contributed by atoms with Crippen LogP contribution in [0.3, 0.4) is 0 Å². The third-order valence-electron chi connectivity index (χ3n) is 4.52. The summed E-state index contributed by atoms with van der Waals surface area (Å²) in [7, 11) is -1.98. The molecular weight excluding hydrogens is 422 g/mol. The smallest absolute Gasteiger partial charge is 0.243 e. The second-order valence-corrected chi connectivity index (χ2v) is 8.62. The minimum absolute atomic E-state index is 0.198. The zero-order valence-corrected chi connectivity index (χ0v) is 18.6. The number of hydrogen-bond acceptors (Lipinski definition) is 6. The molecule has 0 bridgehead atoms. The summed E-state index contributed by atoms with van der Waals surface area (Å²) in [5.74, 6) is 1.17. The molecule has 1 heterocycles. The maximum atomic E-state index is 12.9. The first-order valence-electron chi connectivity index (χ1n) is 9.37. The molecule has 1 N–H and O–H groups in total. The monoisotopic (exact) mass is 445 g/mol. The van der Waals surface area contributed by atoms with Crippen LogP contribution in [0.4, 0.5) is 0 Å². The fraction of sp³-hybridized carbons (Fsp3) is 0.250. The van der Waals surface area contributed by atoms with Crippen molar-refractivity contribution in [2.24, 2.45) is 5.10 Å². The zero-order valence-electron chi connectivity index (χ0n) is 16.9. The summed E-state index contributed by atoms with van der Waals surface area (Å²) in [6.07, 6.45) is 1.64. The van der Waals surface area contributed by atoms with Crippen LogP contribution >= 0.6 is 12.2 Å². The number of aromatic nitrogens is 3. The third kappa shape index (κ3) is 4.50. The van der Waals surface area contributed by atoms with E-state index in [1.807, 2.05) is 38.1 Å². The molecule has 0 saturated heterocycles. The van der Waals surface area contributed by atoms with E-state index in [1.165, 1.54) is 8.98 Å². The maximum absolute atomic E-state index is 12.9. The highest BCUT2D eigenvalue weighted by Crippen LogP contribution is 2.23. The highest BCUT2D eigenvalue weighted by molar-refractivity contribution is 7.89. The Balaban J connectivity index is 1.98. The van der Waals surface area contributed by atoms with E-state index in [1.54, 1.807) is 37.6 Å². The molecule has 3 rings (SSSR count). The van der Waals surface area contributed by atoms with E-state index in [0.717, 1.165) is 11.3 Å². The van der Waals surface area contributed by atoms with Gasteiger partial charge in [-0.25, -0.2) is 13.5 Å².